The molecule has 0 radical (unpaired) electrons. The van der Waals surface area contributed by atoms with Crippen molar-refractivity contribution in [3.05, 3.63) is 190 Å². The Morgan fingerprint density at radius 2 is 0.849 bits per heavy atom. The first-order valence-electron chi connectivity index (χ1n) is 31.7. The van der Waals surface area contributed by atoms with Crippen LogP contribution in [-0.2, 0) is 75.8 Å². The predicted octanol–water partition coefficient (Wildman–Crippen LogP) is 6.40. The monoisotopic (exact) mass is 1340 g/mol. The van der Waals surface area contributed by atoms with E-state index in [1.165, 1.54) is 22.3 Å². The van der Waals surface area contributed by atoms with Gasteiger partial charge in [-0.15, -0.1) is 0 Å². The Morgan fingerprint density at radius 1 is 0.462 bits per heavy atom. The van der Waals surface area contributed by atoms with Gasteiger partial charge in [0.2, 0.25) is 26.0 Å². The lowest BCUT2D eigenvalue weighted by Crippen LogP contribution is -2.41. The summed E-state index contributed by atoms with van der Waals surface area (Å²) < 4.78 is 104. The number of ether oxygens (including phenoxy) is 8. The molecule has 2 aliphatic heterocycles. The number of fused-ring (bicyclic) bond motifs is 2. The van der Waals surface area contributed by atoms with Crippen LogP contribution >= 0.6 is 11.6 Å². The lowest BCUT2D eigenvalue weighted by atomic mass is 9.85. The van der Waals surface area contributed by atoms with Crippen LogP contribution in [0.25, 0.3) is 11.1 Å². The van der Waals surface area contributed by atoms with Gasteiger partial charge in [0.1, 0.15) is 0 Å². The number of likely N-dealkylation sites (N-methyl/N-ethyl adjacent to an activating group) is 2. The van der Waals surface area contributed by atoms with Gasteiger partial charge in [0.25, 0.3) is 5.91 Å². The van der Waals surface area contributed by atoms with Gasteiger partial charge in [-0.3, -0.25) is 14.5 Å². The summed E-state index contributed by atoms with van der Waals surface area (Å²) in [6.07, 6.45) is 0. The second kappa shape index (κ2) is 39.1. The van der Waals surface area contributed by atoms with E-state index in [1.54, 1.807) is 48.5 Å². The van der Waals surface area contributed by atoms with Crippen LogP contribution in [0.3, 0.4) is 0 Å². The molecule has 2 atom stereocenters. The zero-order valence-electron chi connectivity index (χ0n) is 53.4. The first-order valence-corrected chi connectivity index (χ1v) is 35.0. The van der Waals surface area contributed by atoms with Gasteiger partial charge in [0.05, 0.1) is 122 Å². The molecule has 0 bridgehead atoms. The smallest absolute Gasteiger partial charge is 0.251 e. The van der Waals surface area contributed by atoms with E-state index in [9.17, 15) is 26.4 Å². The predicted molar refractivity (Wildman–Crippen MR) is 358 cm³/mol. The van der Waals surface area contributed by atoms with E-state index in [0.29, 0.717) is 96.3 Å². The van der Waals surface area contributed by atoms with Crippen LogP contribution in [0.4, 0.5) is 0 Å². The molecule has 93 heavy (non-hydrogen) atoms. The van der Waals surface area contributed by atoms with Crippen LogP contribution in [0.5, 0.6) is 0 Å². The average molecular weight is 1340 g/mol. The molecule has 0 aliphatic carbocycles. The largest absolute Gasteiger partial charge is 0.378 e. The van der Waals surface area contributed by atoms with Gasteiger partial charge in [-0.25, -0.2) is 26.3 Å². The van der Waals surface area contributed by atoms with E-state index < -0.39 is 20.0 Å². The van der Waals surface area contributed by atoms with Gasteiger partial charge in [-0.2, -0.15) is 0 Å². The van der Waals surface area contributed by atoms with Crippen molar-refractivity contribution in [3.63, 3.8) is 0 Å². The SMILES string of the molecule is CN1Cc2ccccc2[C@H](c2cccc(S(=O)(=O)NCCOCCOCCNC(=O)CN(CCOCCOCCOCCNC(=O)c3ccc(-c4ccc(Cl)cc4)cc3)CCOCCOCCOCCNS(=O)(=O)c3cccc([C@@H]4CN(C)Cc5ccccc54)c3)c2)C1. The van der Waals surface area contributed by atoms with Crippen molar-refractivity contribution in [2.24, 2.45) is 0 Å². The molecule has 21 nitrogen and oxygen atoms in total. The number of halogens is 1. The van der Waals surface area contributed by atoms with Crippen LogP contribution in [0.2, 0.25) is 5.02 Å². The molecule has 0 spiro atoms. The molecule has 2 heterocycles. The summed E-state index contributed by atoms with van der Waals surface area (Å²) in [4.78, 5) is 32.6. The Morgan fingerprint density at radius 3 is 1.30 bits per heavy atom. The van der Waals surface area contributed by atoms with Crippen LogP contribution in [0.1, 0.15) is 55.6 Å². The minimum atomic E-state index is -3.77. The van der Waals surface area contributed by atoms with Crippen molar-refractivity contribution < 1.29 is 64.3 Å². The first kappa shape index (κ1) is 72.8. The first-order chi connectivity index (χ1) is 45.2. The zero-order valence-corrected chi connectivity index (χ0v) is 55.7. The summed E-state index contributed by atoms with van der Waals surface area (Å²) >= 11 is 6.01. The number of nitrogens with one attached hydrogen (secondary N) is 4. The molecule has 8 rings (SSSR count). The third-order valence-corrected chi connectivity index (χ3v) is 18.9. The number of hydrogen-bond donors (Lipinski definition) is 4. The summed E-state index contributed by atoms with van der Waals surface area (Å²) in [7, 11) is -3.38. The molecule has 2 aliphatic rings. The second-order valence-electron chi connectivity index (χ2n) is 22.7. The maximum absolute atomic E-state index is 13.3. The molecule has 0 fully saturated rings. The van der Waals surface area contributed by atoms with Crippen molar-refractivity contribution in [2.75, 3.05) is 179 Å². The lowest BCUT2D eigenvalue weighted by molar-refractivity contribution is -0.122. The summed E-state index contributed by atoms with van der Waals surface area (Å²) in [5, 5.41) is 6.43. The highest BCUT2D eigenvalue weighted by Gasteiger charge is 2.28. The Kier molecular flexibility index (Phi) is 30.6. The fourth-order valence-corrected chi connectivity index (χ4v) is 13.2. The molecule has 6 aromatic rings. The summed E-state index contributed by atoms with van der Waals surface area (Å²) in [6.45, 7) is 9.80. The fraction of sp³-hybridized carbons (Fsp3) is 0.449. The molecule has 0 saturated heterocycles. The topological polar surface area (TPSA) is 234 Å². The number of rotatable bonds is 43. The van der Waals surface area contributed by atoms with E-state index in [1.807, 2.05) is 77.7 Å². The van der Waals surface area contributed by atoms with E-state index in [0.717, 1.165) is 48.4 Å². The number of benzene rings is 6. The minimum Gasteiger partial charge on any atom is -0.378 e. The molecule has 504 valence electrons. The van der Waals surface area contributed by atoms with E-state index in [2.05, 4.69) is 68.2 Å². The number of carbonyl (C=O) groups is 2. The zero-order chi connectivity index (χ0) is 65.5. The standard InChI is InChI=1S/C69H90ClN7O14S2/c1-75-49-59-9-3-5-15-64(59)66(51-75)57-11-7-13-62(47-57)92(80,81)73-27-33-86-38-37-84-31-25-71-68(78)53-77(29-35-88-41-45-90-43-39-85-32-26-72-69(79)56-19-17-54(18-20-56)55-21-23-61(70)24-22-55)30-36-89-42-46-91-44-40-87-34-28-74-93(82,83)63-14-8-12-58(48-63)67-52-76(2)50-60-10-4-6-16-65(60)67/h3-24,47-48,66-67,73-74H,25-46,49-53H2,1-2H3,(H,71,78)(H,72,79)/t66-,67-/m0/s1. The highest BCUT2D eigenvalue weighted by Crippen LogP contribution is 2.35. The number of carbonyl (C=O) groups excluding carboxylic acids is 2. The molecule has 0 unspecified atom stereocenters. The van der Waals surface area contributed by atoms with Gasteiger partial charge in [0, 0.05) is 87.9 Å². The average Bonchev–Trinajstić information content (AvgIpc) is 0.926. The second-order valence-corrected chi connectivity index (χ2v) is 26.7. The van der Waals surface area contributed by atoms with Crippen molar-refractivity contribution >= 4 is 43.5 Å². The summed E-state index contributed by atoms with van der Waals surface area (Å²) in [5.41, 5.74) is 9.40. The minimum absolute atomic E-state index is 0.0675. The van der Waals surface area contributed by atoms with Gasteiger partial charge in [-0.1, -0.05) is 109 Å². The molecule has 2 amide bonds. The van der Waals surface area contributed by atoms with E-state index >= 15 is 0 Å². The van der Waals surface area contributed by atoms with Crippen molar-refractivity contribution in [3.8, 4) is 11.1 Å². The Labute approximate surface area is 553 Å². The van der Waals surface area contributed by atoms with Crippen molar-refractivity contribution in [1.82, 2.24) is 34.8 Å². The maximum Gasteiger partial charge on any atom is 0.251 e. The molecule has 0 saturated carbocycles. The lowest BCUT2D eigenvalue weighted by Gasteiger charge is -2.32. The Balaban J connectivity index is 0.667. The van der Waals surface area contributed by atoms with Crippen LogP contribution < -0.4 is 20.1 Å². The van der Waals surface area contributed by atoms with Crippen molar-refractivity contribution in [2.45, 2.75) is 34.7 Å². The highest BCUT2D eigenvalue weighted by molar-refractivity contribution is 7.89. The van der Waals surface area contributed by atoms with Crippen molar-refractivity contribution in [1.29, 1.82) is 0 Å². The van der Waals surface area contributed by atoms with Crippen LogP contribution in [0, 0.1) is 0 Å². The van der Waals surface area contributed by atoms with Crippen LogP contribution in [0.15, 0.2) is 155 Å². The van der Waals surface area contributed by atoms with E-state index in [4.69, 9.17) is 49.5 Å². The molecule has 24 heteroatoms. The molecular formula is C69H90ClN7O14S2. The normalized spacial score (nSPS) is 15.3. The Hall–Kier alpha value is -6.07. The third-order valence-electron chi connectivity index (χ3n) is 15.7. The van der Waals surface area contributed by atoms with Crippen LogP contribution in [-0.4, -0.2) is 222 Å². The number of nitrogens with zero attached hydrogens (tertiary/aromatic N) is 3. The quantitative estimate of drug-likeness (QED) is 0.0303. The number of sulfonamides is 2. The fourth-order valence-electron chi connectivity index (χ4n) is 11.0. The number of amides is 2. The van der Waals surface area contributed by atoms with Gasteiger partial charge in [0.15, 0.2) is 0 Å². The third kappa shape index (κ3) is 24.6. The number of hydrogen-bond acceptors (Lipinski definition) is 17. The molecule has 0 aromatic heterocycles. The highest BCUT2D eigenvalue weighted by atomic mass is 35.5. The van der Waals surface area contributed by atoms with Gasteiger partial charge < -0.3 is 58.3 Å². The molecule has 6 aromatic carbocycles. The summed E-state index contributed by atoms with van der Waals surface area (Å²) in [6, 6.07) is 45.8. The van der Waals surface area contributed by atoms with Gasteiger partial charge in [-0.05, 0) is 107 Å². The van der Waals surface area contributed by atoms with E-state index in [-0.39, 0.29) is 99.3 Å². The maximum atomic E-state index is 13.3. The molecule has 4 N–H and O–H groups in total. The molecular weight excluding hydrogens is 1250 g/mol. The Bertz CT molecular complexity index is 3460. The summed E-state index contributed by atoms with van der Waals surface area (Å²) in [5.74, 6) is -0.244. The van der Waals surface area contributed by atoms with Gasteiger partial charge >= 0.3 is 0 Å².